The van der Waals surface area contributed by atoms with Gasteiger partial charge in [0.1, 0.15) is 17.8 Å². The van der Waals surface area contributed by atoms with Gasteiger partial charge in [0.15, 0.2) is 12.0 Å². The number of hydrogen-bond acceptors (Lipinski definition) is 4. The molecule has 21 heavy (non-hydrogen) atoms. The van der Waals surface area contributed by atoms with Crippen LogP contribution in [0, 0.1) is 0 Å². The molecule has 0 saturated heterocycles. The average Bonchev–Trinajstić information content (AvgIpc) is 3.01. The first-order valence-electron chi connectivity index (χ1n) is 6.68. The molecule has 0 aliphatic heterocycles. The van der Waals surface area contributed by atoms with Crippen LogP contribution in [0.25, 0.3) is 5.57 Å². The third-order valence-corrected chi connectivity index (χ3v) is 3.70. The van der Waals surface area contributed by atoms with Crippen LogP contribution in [-0.4, -0.2) is 19.7 Å². The van der Waals surface area contributed by atoms with Crippen LogP contribution in [0.5, 0.6) is 5.75 Å². The Balaban J connectivity index is 2.17. The van der Waals surface area contributed by atoms with Gasteiger partial charge in [-0.1, -0.05) is 6.07 Å². The van der Waals surface area contributed by atoms with Gasteiger partial charge in [-0.3, -0.25) is 9.59 Å². The molecular formula is C17H14O4. The molecule has 4 nitrogen and oxygen atoms in total. The van der Waals surface area contributed by atoms with Crippen molar-refractivity contribution in [2.45, 2.75) is 12.8 Å². The number of benzene rings is 1. The summed E-state index contributed by atoms with van der Waals surface area (Å²) in [6.07, 6.45) is 2.95. The number of allylic oxidation sites excluding steroid dienone is 1. The first kappa shape index (κ1) is 13.4. The Hall–Kier alpha value is -2.62. The summed E-state index contributed by atoms with van der Waals surface area (Å²) in [5.41, 5.74) is 3.52. The van der Waals surface area contributed by atoms with Crippen molar-refractivity contribution in [3.05, 3.63) is 58.6 Å². The molecular weight excluding hydrogens is 268 g/mol. The van der Waals surface area contributed by atoms with Crippen LogP contribution in [0.3, 0.4) is 0 Å². The molecule has 0 amide bonds. The van der Waals surface area contributed by atoms with E-state index in [0.29, 0.717) is 24.0 Å². The Labute approximate surface area is 122 Å². The molecule has 0 N–H and O–H groups in total. The number of carbonyl (C=O) groups is 2. The third kappa shape index (κ3) is 2.29. The summed E-state index contributed by atoms with van der Waals surface area (Å²) < 4.78 is 10.7. The quantitative estimate of drug-likeness (QED) is 0.809. The third-order valence-electron chi connectivity index (χ3n) is 3.70. The summed E-state index contributed by atoms with van der Waals surface area (Å²) >= 11 is 0. The zero-order valence-electron chi connectivity index (χ0n) is 11.6. The standard InChI is InChI=1S/C17H14O4/c1-20-13-4-6-15-11(8-13)2-3-12(9-18)17(15)16-7-5-14(10-19)21-16/h4-10H,2-3H2,1H3. The van der Waals surface area contributed by atoms with Gasteiger partial charge in [0.25, 0.3) is 0 Å². The van der Waals surface area contributed by atoms with Crippen LogP contribution < -0.4 is 4.74 Å². The average molecular weight is 282 g/mol. The molecule has 1 aliphatic carbocycles. The van der Waals surface area contributed by atoms with E-state index in [9.17, 15) is 9.59 Å². The van der Waals surface area contributed by atoms with Crippen molar-refractivity contribution in [2.75, 3.05) is 7.11 Å². The number of carbonyl (C=O) groups excluding carboxylic acids is 2. The maximum atomic E-state index is 11.4. The van der Waals surface area contributed by atoms with Crippen molar-refractivity contribution in [3.63, 3.8) is 0 Å². The fourth-order valence-corrected chi connectivity index (χ4v) is 2.67. The molecule has 4 heteroatoms. The van der Waals surface area contributed by atoms with Crippen LogP contribution in [0.2, 0.25) is 0 Å². The molecule has 1 aliphatic rings. The number of fused-ring (bicyclic) bond motifs is 1. The highest BCUT2D eigenvalue weighted by atomic mass is 16.5. The van der Waals surface area contributed by atoms with Gasteiger partial charge < -0.3 is 9.15 Å². The van der Waals surface area contributed by atoms with Crippen LogP contribution in [0.4, 0.5) is 0 Å². The molecule has 0 radical (unpaired) electrons. The first-order chi connectivity index (χ1) is 10.3. The Morgan fingerprint density at radius 1 is 1.10 bits per heavy atom. The lowest BCUT2D eigenvalue weighted by Gasteiger charge is -2.20. The SMILES string of the molecule is COc1ccc2c(c1)CCC(C=O)=C2c1ccc(C=O)o1. The first-order valence-corrected chi connectivity index (χ1v) is 6.68. The van der Waals surface area contributed by atoms with Crippen molar-refractivity contribution in [1.82, 2.24) is 0 Å². The maximum absolute atomic E-state index is 11.4. The molecule has 0 atom stereocenters. The summed E-state index contributed by atoms with van der Waals surface area (Å²) in [4.78, 5) is 22.1. The van der Waals surface area contributed by atoms with E-state index in [1.807, 2.05) is 18.2 Å². The number of aryl methyl sites for hydroxylation is 1. The molecule has 1 aromatic heterocycles. The largest absolute Gasteiger partial charge is 0.497 e. The van der Waals surface area contributed by atoms with Crippen molar-refractivity contribution >= 4 is 18.1 Å². The van der Waals surface area contributed by atoms with Crippen molar-refractivity contribution in [1.29, 1.82) is 0 Å². The van der Waals surface area contributed by atoms with Crippen LogP contribution >= 0.6 is 0 Å². The van der Waals surface area contributed by atoms with Crippen LogP contribution in [-0.2, 0) is 11.2 Å². The smallest absolute Gasteiger partial charge is 0.185 e. The number of methoxy groups -OCH3 is 1. The van der Waals surface area contributed by atoms with Gasteiger partial charge in [0, 0.05) is 11.1 Å². The van der Waals surface area contributed by atoms with Gasteiger partial charge in [-0.05, 0) is 48.2 Å². The van der Waals surface area contributed by atoms with E-state index in [0.717, 1.165) is 35.2 Å². The predicted molar refractivity (Wildman–Crippen MR) is 77.5 cm³/mol. The summed E-state index contributed by atoms with van der Waals surface area (Å²) in [6.45, 7) is 0. The highest BCUT2D eigenvalue weighted by Gasteiger charge is 2.22. The Morgan fingerprint density at radius 2 is 1.95 bits per heavy atom. The lowest BCUT2D eigenvalue weighted by atomic mass is 9.85. The molecule has 106 valence electrons. The van der Waals surface area contributed by atoms with E-state index >= 15 is 0 Å². The monoisotopic (exact) mass is 282 g/mol. The van der Waals surface area contributed by atoms with Crippen molar-refractivity contribution < 1.29 is 18.7 Å². The molecule has 2 aromatic rings. The summed E-state index contributed by atoms with van der Waals surface area (Å²) in [5, 5.41) is 0. The maximum Gasteiger partial charge on any atom is 0.185 e. The second-order valence-corrected chi connectivity index (χ2v) is 4.86. The topological polar surface area (TPSA) is 56.5 Å². The Kier molecular flexibility index (Phi) is 3.44. The molecule has 3 rings (SSSR count). The fourth-order valence-electron chi connectivity index (χ4n) is 2.67. The molecule has 1 heterocycles. The Morgan fingerprint density at radius 3 is 2.62 bits per heavy atom. The number of rotatable bonds is 4. The second-order valence-electron chi connectivity index (χ2n) is 4.86. The van der Waals surface area contributed by atoms with Crippen LogP contribution in [0.1, 0.15) is 33.9 Å². The van der Waals surface area contributed by atoms with Gasteiger partial charge >= 0.3 is 0 Å². The lowest BCUT2D eigenvalue weighted by Crippen LogP contribution is -2.07. The van der Waals surface area contributed by atoms with E-state index in [-0.39, 0.29) is 5.76 Å². The van der Waals surface area contributed by atoms with E-state index < -0.39 is 0 Å². The summed E-state index contributed by atoms with van der Waals surface area (Å²) in [5.74, 6) is 1.59. The number of furan rings is 1. The van der Waals surface area contributed by atoms with Crippen molar-refractivity contribution in [3.8, 4) is 5.75 Å². The van der Waals surface area contributed by atoms with E-state index in [1.165, 1.54) is 0 Å². The van der Waals surface area contributed by atoms with Gasteiger partial charge in [0.05, 0.1) is 7.11 Å². The zero-order valence-corrected chi connectivity index (χ0v) is 11.6. The van der Waals surface area contributed by atoms with Crippen molar-refractivity contribution in [2.24, 2.45) is 0 Å². The summed E-state index contributed by atoms with van der Waals surface area (Å²) in [7, 11) is 1.63. The molecule has 0 unspecified atom stereocenters. The number of aldehydes is 2. The minimum atomic E-state index is 0.253. The number of hydrogen-bond donors (Lipinski definition) is 0. The van der Waals surface area contributed by atoms with Gasteiger partial charge in [-0.2, -0.15) is 0 Å². The number of ether oxygens (including phenoxy) is 1. The van der Waals surface area contributed by atoms with Crippen LogP contribution in [0.15, 0.2) is 40.3 Å². The molecule has 0 spiro atoms. The molecule has 0 bridgehead atoms. The minimum Gasteiger partial charge on any atom is -0.497 e. The molecule has 0 fully saturated rings. The normalized spacial score (nSPS) is 13.8. The lowest BCUT2D eigenvalue weighted by molar-refractivity contribution is -0.105. The van der Waals surface area contributed by atoms with E-state index in [1.54, 1.807) is 19.2 Å². The highest BCUT2D eigenvalue weighted by molar-refractivity contribution is 5.96. The van der Waals surface area contributed by atoms with E-state index in [2.05, 4.69) is 0 Å². The van der Waals surface area contributed by atoms with Gasteiger partial charge in [-0.15, -0.1) is 0 Å². The van der Waals surface area contributed by atoms with Gasteiger partial charge in [0.2, 0.25) is 0 Å². The Bertz CT molecular complexity index is 737. The zero-order chi connectivity index (χ0) is 14.8. The molecule has 0 saturated carbocycles. The van der Waals surface area contributed by atoms with Gasteiger partial charge in [-0.25, -0.2) is 0 Å². The second kappa shape index (κ2) is 5.40. The minimum absolute atomic E-state index is 0.253. The fraction of sp³-hybridized carbons (Fsp3) is 0.176. The molecule has 1 aromatic carbocycles. The predicted octanol–water partition coefficient (Wildman–Crippen LogP) is 3.05. The summed E-state index contributed by atoms with van der Waals surface area (Å²) in [6, 6.07) is 9.09. The van der Waals surface area contributed by atoms with E-state index in [4.69, 9.17) is 9.15 Å². The highest BCUT2D eigenvalue weighted by Crippen LogP contribution is 2.37.